The second kappa shape index (κ2) is 20.0. The van der Waals surface area contributed by atoms with E-state index in [9.17, 15) is 37.8 Å². The molecule has 5 atom stereocenters. The van der Waals surface area contributed by atoms with Crippen molar-refractivity contribution in [3.05, 3.63) is 88.8 Å². The van der Waals surface area contributed by atoms with E-state index in [4.69, 9.17) is 15.7 Å². The van der Waals surface area contributed by atoms with Crippen LogP contribution in [0.4, 0.5) is 30.6 Å². The number of aromatic hydroxyl groups is 1. The lowest BCUT2D eigenvalue weighted by molar-refractivity contribution is -0.144. The summed E-state index contributed by atoms with van der Waals surface area (Å²) < 4.78 is 42.8. The predicted octanol–water partition coefficient (Wildman–Crippen LogP) is 5.52. The number of aliphatic hydroxyl groups is 1. The molecule has 4 saturated heterocycles. The number of carbonyl (C=O) groups is 3. The largest absolute Gasteiger partial charge is 0.507 e. The summed E-state index contributed by atoms with van der Waals surface area (Å²) in [4.78, 5) is 63.9. The maximum Gasteiger partial charge on any atom is 0.416 e. The molecule has 0 radical (unpaired) electrons. The number of aromatic nitrogens is 5. The lowest BCUT2D eigenvalue weighted by Crippen LogP contribution is -2.58. The predicted molar refractivity (Wildman–Crippen MR) is 262 cm³/mol. The lowest BCUT2D eigenvalue weighted by atomic mass is 9.85. The molecule has 7 heterocycles. The van der Waals surface area contributed by atoms with E-state index >= 15 is 0 Å². The number of rotatable bonds is 12. The standard InChI is InChI=1S/C50H59F3N12O5S/c1-28-43(71-27-58-28)30-9-10-31(37(17-30)50(51,52)53)20-55-46(69)40-18-35(66)25-64(40)47(70)44(49(2,3)4)59-42(68)26-62-15-13-29(14-16-62)32-21-56-48(57-22-32)65-33-11-12-34(65)24-63(23-33)39-19-38(60-61-45(39)54)36-7-5-6-8-41(36)67/h5-10,17,19,21-22,27,29,33-35,40,44,66-67H,11-16,18,20,23-26H2,1-4H3,(H2,54,61)(H,55,69)(H,59,68)/t33?,34?,35-,40+,44?/m1/s1. The fraction of sp³-hybridized carbons (Fsp3) is 0.480. The molecule has 0 aliphatic carbocycles. The monoisotopic (exact) mass is 996 g/mol. The van der Waals surface area contributed by atoms with Crippen LogP contribution in [-0.2, 0) is 27.1 Å². The highest BCUT2D eigenvalue weighted by molar-refractivity contribution is 7.13. The molecule has 3 unspecified atom stereocenters. The number of hydrogen-bond donors (Lipinski definition) is 5. The van der Waals surface area contributed by atoms with Crippen molar-refractivity contribution in [1.29, 1.82) is 0 Å². The number of nitrogens with two attached hydrogens (primary N) is 1. The quantitative estimate of drug-likeness (QED) is 0.104. The Bertz CT molecular complexity index is 2750. The van der Waals surface area contributed by atoms with Gasteiger partial charge in [-0.1, -0.05) is 45.0 Å². The molecule has 17 nitrogen and oxygen atoms in total. The van der Waals surface area contributed by atoms with Gasteiger partial charge in [0.2, 0.25) is 23.7 Å². The summed E-state index contributed by atoms with van der Waals surface area (Å²) in [5.41, 5.74) is 10.0. The molecule has 4 fully saturated rings. The molecule has 5 aromatic rings. The van der Waals surface area contributed by atoms with Crippen molar-refractivity contribution in [3.63, 3.8) is 0 Å². The van der Waals surface area contributed by atoms with Crippen LogP contribution in [0.1, 0.15) is 81.2 Å². The number of phenolic OH excluding ortho intramolecular Hbond substituents is 1. The van der Waals surface area contributed by atoms with Crippen LogP contribution in [0.5, 0.6) is 5.75 Å². The molecule has 0 saturated carbocycles. The molecule has 4 aliphatic rings. The fourth-order valence-electron chi connectivity index (χ4n) is 10.5. The number of para-hydroxylation sites is 1. The number of fused-ring (bicyclic) bond motifs is 2. The number of nitrogens with one attached hydrogen (secondary N) is 2. The third-order valence-electron chi connectivity index (χ3n) is 14.3. The number of amides is 3. The number of anilines is 3. The SMILES string of the molecule is Cc1ncsc1-c1ccc(CNC(=O)[C@@H]2C[C@@H](O)CN2C(=O)C(NC(=O)CN2CCC(c3cnc(N4C5CCC4CN(c4cc(-c6ccccc6O)nnc4N)C5)nc3)CC2)C(C)(C)C)c(C(F)(F)F)c1. The Morgan fingerprint density at radius 3 is 2.28 bits per heavy atom. The molecule has 71 heavy (non-hydrogen) atoms. The number of alkyl halides is 3. The van der Waals surface area contributed by atoms with Crippen molar-refractivity contribution in [3.8, 4) is 27.4 Å². The number of nitrogens with zero attached hydrogens (tertiary/aromatic N) is 9. The van der Waals surface area contributed by atoms with Crippen molar-refractivity contribution in [2.75, 3.05) is 54.8 Å². The van der Waals surface area contributed by atoms with Crippen molar-refractivity contribution in [2.45, 2.75) is 109 Å². The first kappa shape index (κ1) is 49.5. The zero-order chi connectivity index (χ0) is 50.4. The van der Waals surface area contributed by atoms with Crippen molar-refractivity contribution in [2.24, 2.45) is 5.41 Å². The van der Waals surface area contributed by atoms with Gasteiger partial charge in [-0.3, -0.25) is 19.3 Å². The summed E-state index contributed by atoms with van der Waals surface area (Å²) in [6.07, 6.45) is 1.48. The van der Waals surface area contributed by atoms with Crippen LogP contribution < -0.4 is 26.2 Å². The van der Waals surface area contributed by atoms with Gasteiger partial charge in [0.05, 0.1) is 45.7 Å². The Morgan fingerprint density at radius 2 is 1.63 bits per heavy atom. The molecule has 9 rings (SSSR count). The maximum absolute atomic E-state index is 14.3. The average Bonchev–Trinajstić information content (AvgIpc) is 4.03. The first-order valence-corrected chi connectivity index (χ1v) is 24.9. The number of β-amino-alcohol motifs (C(OH)–C–C–N with tert-alkyl or cyclic N) is 1. The van der Waals surface area contributed by atoms with E-state index in [0.717, 1.165) is 43.0 Å². The average molecular weight is 997 g/mol. The number of aryl methyl sites for hydroxylation is 1. The molecule has 3 amide bonds. The molecular formula is C50H59F3N12O5S. The van der Waals surface area contributed by atoms with Gasteiger partial charge in [0.15, 0.2) is 5.82 Å². The van der Waals surface area contributed by atoms with Crippen LogP contribution in [0.15, 0.2) is 66.4 Å². The molecule has 2 bridgehead atoms. The Balaban J connectivity index is 0.775. The molecule has 0 spiro atoms. The summed E-state index contributed by atoms with van der Waals surface area (Å²) >= 11 is 1.23. The molecule has 2 aromatic carbocycles. The second-order valence-corrected chi connectivity index (χ2v) is 21.1. The smallest absolute Gasteiger partial charge is 0.416 e. The number of thiazole rings is 1. The third kappa shape index (κ3) is 10.6. The van der Waals surface area contributed by atoms with E-state index in [1.165, 1.54) is 22.3 Å². The number of phenols is 1. The maximum atomic E-state index is 14.3. The molecule has 21 heteroatoms. The summed E-state index contributed by atoms with van der Waals surface area (Å²) in [5, 5.41) is 35.1. The third-order valence-corrected chi connectivity index (χ3v) is 15.3. The Morgan fingerprint density at radius 1 is 0.930 bits per heavy atom. The molecule has 376 valence electrons. The summed E-state index contributed by atoms with van der Waals surface area (Å²) in [7, 11) is 0. The van der Waals surface area contributed by atoms with Crippen LogP contribution in [0.2, 0.25) is 0 Å². The minimum Gasteiger partial charge on any atom is -0.507 e. The number of likely N-dealkylation sites (tertiary alicyclic amines) is 2. The Kier molecular flexibility index (Phi) is 13.9. The van der Waals surface area contributed by atoms with Gasteiger partial charge in [0, 0.05) is 62.6 Å². The van der Waals surface area contributed by atoms with Crippen molar-refractivity contribution in [1.82, 2.24) is 45.6 Å². The number of halogens is 3. The fourth-order valence-corrected chi connectivity index (χ4v) is 11.3. The molecular weight excluding hydrogens is 938 g/mol. The van der Waals surface area contributed by atoms with Crippen LogP contribution in [0.3, 0.4) is 0 Å². The van der Waals surface area contributed by atoms with Crippen molar-refractivity contribution < 1.29 is 37.8 Å². The van der Waals surface area contributed by atoms with Crippen molar-refractivity contribution >= 4 is 46.5 Å². The minimum atomic E-state index is -4.70. The van der Waals surface area contributed by atoms with E-state index in [1.54, 1.807) is 57.5 Å². The second-order valence-electron chi connectivity index (χ2n) is 20.2. The van der Waals surface area contributed by atoms with Crippen LogP contribution in [0.25, 0.3) is 21.7 Å². The minimum absolute atomic E-state index is 0.0451. The number of carbonyl (C=O) groups excluding carboxylic acids is 3. The van der Waals surface area contributed by atoms with Gasteiger partial charge in [0.25, 0.3) is 0 Å². The number of hydrogen-bond acceptors (Lipinski definition) is 15. The van der Waals surface area contributed by atoms with Gasteiger partial charge >= 0.3 is 6.18 Å². The summed E-state index contributed by atoms with van der Waals surface area (Å²) in [6, 6.07) is 11.0. The number of piperidine rings is 1. The van der Waals surface area contributed by atoms with Crippen LogP contribution >= 0.6 is 11.3 Å². The van der Waals surface area contributed by atoms with Gasteiger partial charge in [-0.05, 0) is 98.0 Å². The number of piperazine rings is 1. The highest BCUT2D eigenvalue weighted by Crippen LogP contribution is 2.40. The Hall–Kier alpha value is -6.45. The number of benzene rings is 2. The molecule has 4 aliphatic heterocycles. The Labute approximate surface area is 413 Å². The highest BCUT2D eigenvalue weighted by Gasteiger charge is 2.46. The number of aliphatic hydroxyl groups excluding tert-OH is 1. The zero-order valence-electron chi connectivity index (χ0n) is 40.1. The highest BCUT2D eigenvalue weighted by atomic mass is 32.1. The lowest BCUT2D eigenvalue weighted by Gasteiger charge is -2.42. The number of nitrogen functional groups attached to an aromatic ring is 1. The first-order chi connectivity index (χ1) is 33.8. The summed E-state index contributed by atoms with van der Waals surface area (Å²) in [5.74, 6) is -0.292. The van der Waals surface area contributed by atoms with Gasteiger partial charge in [-0.15, -0.1) is 21.5 Å². The zero-order valence-corrected chi connectivity index (χ0v) is 40.9. The van der Waals surface area contributed by atoms with Gasteiger partial charge < -0.3 is 41.3 Å². The van der Waals surface area contributed by atoms with Gasteiger partial charge in [0.1, 0.15) is 17.8 Å². The van der Waals surface area contributed by atoms with Gasteiger partial charge in [-0.25, -0.2) is 15.0 Å². The topological polar surface area (TPSA) is 219 Å². The van der Waals surface area contributed by atoms with E-state index in [1.807, 2.05) is 29.4 Å². The molecule has 3 aromatic heterocycles. The van der Waals surface area contributed by atoms with Gasteiger partial charge in [-0.2, -0.15) is 13.2 Å². The van der Waals surface area contributed by atoms with Crippen LogP contribution in [-0.4, -0.2) is 132 Å². The van der Waals surface area contributed by atoms with E-state index in [0.29, 0.717) is 65.3 Å². The van der Waals surface area contributed by atoms with E-state index < -0.39 is 53.7 Å². The van der Waals surface area contributed by atoms with Crippen LogP contribution in [0, 0.1) is 12.3 Å². The molecule has 6 N–H and O–H groups in total. The van der Waals surface area contributed by atoms with E-state index in [-0.39, 0.29) is 54.7 Å². The summed E-state index contributed by atoms with van der Waals surface area (Å²) in [6.45, 7) is 9.19. The van der Waals surface area contributed by atoms with E-state index in [2.05, 4.69) is 35.6 Å². The first-order valence-electron chi connectivity index (χ1n) is 24.0. The normalized spacial score (nSPS) is 21.4.